The van der Waals surface area contributed by atoms with E-state index in [1.54, 1.807) is 0 Å². The zero-order chi connectivity index (χ0) is 27.3. The molecule has 0 bridgehead atoms. The van der Waals surface area contributed by atoms with E-state index in [9.17, 15) is 5.11 Å². The average molecular weight is 523 g/mol. The lowest BCUT2D eigenvalue weighted by Gasteiger charge is -2.25. The SMILES string of the molecule is CCCCCCCCCCCCCCCCCCC/C([O-])=N/[N+](C)(C)CCCCCCCCCCCC. The van der Waals surface area contributed by atoms with Gasteiger partial charge in [-0.1, -0.05) is 168 Å². The second-order valence-corrected chi connectivity index (χ2v) is 12.4. The van der Waals surface area contributed by atoms with Crippen molar-refractivity contribution < 1.29 is 9.70 Å². The lowest BCUT2D eigenvalue weighted by atomic mass is 10.0. The fourth-order valence-electron chi connectivity index (χ4n) is 5.39. The second-order valence-electron chi connectivity index (χ2n) is 12.4. The first-order valence-corrected chi connectivity index (χ1v) is 17.1. The molecule has 0 heterocycles. The van der Waals surface area contributed by atoms with E-state index in [0.717, 1.165) is 13.0 Å². The summed E-state index contributed by atoms with van der Waals surface area (Å²) in [5, 5.41) is 16.8. The molecule has 0 fully saturated rings. The molecule has 222 valence electrons. The van der Waals surface area contributed by atoms with Gasteiger partial charge in [0.15, 0.2) is 0 Å². The summed E-state index contributed by atoms with van der Waals surface area (Å²) >= 11 is 0. The van der Waals surface area contributed by atoms with Gasteiger partial charge in [-0.2, -0.15) is 0 Å². The fourth-order valence-corrected chi connectivity index (χ4v) is 5.39. The molecule has 0 aromatic rings. The lowest BCUT2D eigenvalue weighted by molar-refractivity contribution is -0.898. The number of hydrogen-bond donors (Lipinski definition) is 0. The minimum absolute atomic E-state index is 0.109. The Morgan fingerprint density at radius 3 is 1.03 bits per heavy atom. The van der Waals surface area contributed by atoms with Gasteiger partial charge in [-0.05, 0) is 25.7 Å². The van der Waals surface area contributed by atoms with Crippen LogP contribution in [-0.2, 0) is 0 Å². The first-order chi connectivity index (χ1) is 18.0. The highest BCUT2D eigenvalue weighted by atomic mass is 16.3. The molecule has 0 aromatic heterocycles. The van der Waals surface area contributed by atoms with Crippen molar-refractivity contribution in [3.05, 3.63) is 0 Å². The molecule has 0 unspecified atom stereocenters. The van der Waals surface area contributed by atoms with Gasteiger partial charge in [-0.3, -0.25) is 0 Å². The minimum atomic E-state index is 0.109. The smallest absolute Gasteiger partial charge is 0.103 e. The molecule has 0 N–H and O–H groups in total. The van der Waals surface area contributed by atoms with Crippen molar-refractivity contribution in [2.45, 2.75) is 194 Å². The number of rotatable bonds is 30. The third-order valence-electron chi connectivity index (χ3n) is 7.94. The summed E-state index contributed by atoms with van der Waals surface area (Å²) in [6, 6.07) is 0. The molecule has 0 atom stereocenters. The molecule has 0 aliphatic rings. The first kappa shape index (κ1) is 36.4. The average Bonchev–Trinajstić information content (AvgIpc) is 2.86. The zero-order valence-corrected chi connectivity index (χ0v) is 26.3. The van der Waals surface area contributed by atoms with Crippen LogP contribution in [0, 0.1) is 0 Å². The molecule has 0 aliphatic carbocycles. The van der Waals surface area contributed by atoms with Crippen LogP contribution in [0.3, 0.4) is 0 Å². The Bertz CT molecular complexity index is 474. The van der Waals surface area contributed by atoms with E-state index in [1.165, 1.54) is 167 Å². The first-order valence-electron chi connectivity index (χ1n) is 17.1. The molecule has 0 rings (SSSR count). The summed E-state index contributed by atoms with van der Waals surface area (Å²) in [4.78, 5) is 0. The van der Waals surface area contributed by atoms with E-state index in [0.29, 0.717) is 11.0 Å². The largest absolute Gasteiger partial charge is 0.858 e. The summed E-state index contributed by atoms with van der Waals surface area (Å²) in [6.07, 6.45) is 37.5. The summed E-state index contributed by atoms with van der Waals surface area (Å²) in [5.41, 5.74) is 0. The second kappa shape index (κ2) is 28.4. The third-order valence-corrected chi connectivity index (χ3v) is 7.94. The Kier molecular flexibility index (Phi) is 28.0. The van der Waals surface area contributed by atoms with Crippen LogP contribution in [0.25, 0.3) is 0 Å². The molecule has 37 heavy (non-hydrogen) atoms. The van der Waals surface area contributed by atoms with E-state index in [4.69, 9.17) is 0 Å². The third kappa shape index (κ3) is 29.8. The topological polar surface area (TPSA) is 35.4 Å². The molecule has 0 aromatic carbocycles. The number of quaternary nitrogens is 1. The number of nitrogens with zero attached hydrogens (tertiary/aromatic N) is 2. The van der Waals surface area contributed by atoms with Crippen molar-refractivity contribution in [3.8, 4) is 0 Å². The predicted octanol–water partition coefficient (Wildman–Crippen LogP) is 10.7. The Hall–Kier alpha value is -0.570. The molecule has 0 saturated carbocycles. The van der Waals surface area contributed by atoms with Crippen molar-refractivity contribution in [2.24, 2.45) is 5.10 Å². The predicted molar refractivity (Wildman–Crippen MR) is 165 cm³/mol. The van der Waals surface area contributed by atoms with Crippen molar-refractivity contribution >= 4 is 5.90 Å². The van der Waals surface area contributed by atoms with Gasteiger partial charge < -0.3 is 5.11 Å². The zero-order valence-electron chi connectivity index (χ0n) is 26.3. The van der Waals surface area contributed by atoms with E-state index < -0.39 is 0 Å². The van der Waals surface area contributed by atoms with Gasteiger partial charge in [0.2, 0.25) is 0 Å². The molecule has 0 radical (unpaired) electrons. The van der Waals surface area contributed by atoms with Crippen molar-refractivity contribution in [1.82, 2.24) is 0 Å². The van der Waals surface area contributed by atoms with Gasteiger partial charge in [0.1, 0.15) is 6.54 Å². The highest BCUT2D eigenvalue weighted by Crippen LogP contribution is 2.15. The van der Waals surface area contributed by atoms with Crippen LogP contribution in [0.4, 0.5) is 0 Å². The highest BCUT2D eigenvalue weighted by molar-refractivity contribution is 5.70. The van der Waals surface area contributed by atoms with Crippen LogP contribution in [0.15, 0.2) is 5.10 Å². The standard InChI is InChI=1S/C34H70N2O/c1-5-7-9-11-13-15-17-18-19-20-21-22-23-24-26-28-30-32-34(37)35-36(3,4)33-31-29-27-25-16-14-12-10-8-6-2/h5-33H2,1-4H3. The Labute approximate surface area is 234 Å². The summed E-state index contributed by atoms with van der Waals surface area (Å²) in [6.45, 7) is 5.56. The quantitative estimate of drug-likeness (QED) is 0.0304. The normalized spacial score (nSPS) is 12.5. The van der Waals surface area contributed by atoms with Gasteiger partial charge in [-0.15, -0.1) is 5.10 Å². The maximum absolute atomic E-state index is 12.3. The van der Waals surface area contributed by atoms with E-state index in [2.05, 4.69) is 33.0 Å². The van der Waals surface area contributed by atoms with Crippen LogP contribution >= 0.6 is 0 Å². The maximum Gasteiger partial charge on any atom is 0.103 e. The molecule has 0 amide bonds. The van der Waals surface area contributed by atoms with E-state index in [1.807, 2.05) is 0 Å². The molecular formula is C34H70N2O. The molecule has 3 nitrogen and oxygen atoms in total. The van der Waals surface area contributed by atoms with Gasteiger partial charge in [-0.25, -0.2) is 4.59 Å². The highest BCUT2D eigenvalue weighted by Gasteiger charge is 2.12. The van der Waals surface area contributed by atoms with Crippen LogP contribution in [-0.4, -0.2) is 31.1 Å². The lowest BCUT2D eigenvalue weighted by Crippen LogP contribution is -2.38. The van der Waals surface area contributed by atoms with Gasteiger partial charge in [0.05, 0.1) is 14.1 Å². The summed E-state index contributed by atoms with van der Waals surface area (Å²) in [5.74, 6) is 0.109. The Morgan fingerprint density at radius 2 is 0.703 bits per heavy atom. The van der Waals surface area contributed by atoms with Gasteiger partial charge in [0.25, 0.3) is 0 Å². The molecule has 3 heteroatoms. The van der Waals surface area contributed by atoms with Crippen LogP contribution < -0.4 is 5.11 Å². The Morgan fingerprint density at radius 1 is 0.432 bits per heavy atom. The van der Waals surface area contributed by atoms with Crippen molar-refractivity contribution in [3.63, 3.8) is 0 Å². The van der Waals surface area contributed by atoms with Gasteiger partial charge >= 0.3 is 0 Å². The van der Waals surface area contributed by atoms with E-state index in [-0.39, 0.29) is 5.90 Å². The van der Waals surface area contributed by atoms with Crippen molar-refractivity contribution in [1.29, 1.82) is 0 Å². The summed E-state index contributed by atoms with van der Waals surface area (Å²) in [7, 11) is 4.17. The van der Waals surface area contributed by atoms with Crippen molar-refractivity contribution in [2.75, 3.05) is 20.6 Å². The molecule has 0 saturated heterocycles. The molecular weight excluding hydrogens is 452 g/mol. The van der Waals surface area contributed by atoms with Crippen LogP contribution in [0.2, 0.25) is 0 Å². The Balaban J connectivity index is 3.47. The van der Waals surface area contributed by atoms with E-state index >= 15 is 0 Å². The number of hydrogen-bond acceptors (Lipinski definition) is 2. The van der Waals surface area contributed by atoms with Crippen LogP contribution in [0.1, 0.15) is 194 Å². The number of unbranched alkanes of at least 4 members (excludes halogenated alkanes) is 25. The molecule has 0 aliphatic heterocycles. The fraction of sp³-hybridized carbons (Fsp3) is 0.971. The van der Waals surface area contributed by atoms with Gasteiger partial charge in [0, 0.05) is 5.90 Å². The maximum atomic E-state index is 12.3. The summed E-state index contributed by atoms with van der Waals surface area (Å²) < 4.78 is 0.509. The molecule has 0 spiro atoms. The minimum Gasteiger partial charge on any atom is -0.858 e. The van der Waals surface area contributed by atoms with Crippen LogP contribution in [0.5, 0.6) is 0 Å². The monoisotopic (exact) mass is 523 g/mol.